The molecule has 5 nitrogen and oxygen atoms in total. The van der Waals surface area contributed by atoms with Crippen LogP contribution in [0.25, 0.3) is 0 Å². The van der Waals surface area contributed by atoms with Gasteiger partial charge in [-0.1, -0.05) is 12.1 Å². The molecule has 0 saturated carbocycles. The molecule has 0 fully saturated rings. The molecule has 3 N–H and O–H groups in total. The van der Waals surface area contributed by atoms with Gasteiger partial charge in [0.25, 0.3) is 0 Å². The predicted octanol–water partition coefficient (Wildman–Crippen LogP) is 3.36. The van der Waals surface area contributed by atoms with E-state index in [2.05, 4.69) is 4.74 Å². The fourth-order valence-electron chi connectivity index (χ4n) is 2.17. The van der Waals surface area contributed by atoms with E-state index in [-0.39, 0.29) is 12.3 Å². The van der Waals surface area contributed by atoms with Crippen LogP contribution in [-0.2, 0) is 0 Å². The van der Waals surface area contributed by atoms with Gasteiger partial charge in [-0.3, -0.25) is 4.90 Å². The molecular weight excluding hydrogens is 301 g/mol. The van der Waals surface area contributed by atoms with Crippen molar-refractivity contribution in [2.24, 2.45) is 5.73 Å². The van der Waals surface area contributed by atoms with Gasteiger partial charge in [0.15, 0.2) is 0 Å². The summed E-state index contributed by atoms with van der Waals surface area (Å²) < 4.78 is 40.2. The van der Waals surface area contributed by atoms with Crippen LogP contribution in [0.5, 0.6) is 5.75 Å². The van der Waals surface area contributed by atoms with E-state index in [1.807, 2.05) is 0 Å². The molecule has 0 aliphatic carbocycles. The van der Waals surface area contributed by atoms with Gasteiger partial charge in [0.2, 0.25) is 0 Å². The monoisotopic (exact) mass is 320 g/mol. The normalized spacial score (nSPS) is 13.6. The SMILES string of the molecule is CC(C)(C)N(C(=O)O)C(CN)c1ccc(OC(F)(F)F)cc1. The molecule has 0 aliphatic heterocycles. The van der Waals surface area contributed by atoms with E-state index >= 15 is 0 Å². The lowest BCUT2D eigenvalue weighted by Crippen LogP contribution is -2.49. The van der Waals surface area contributed by atoms with Crippen LogP contribution in [0.1, 0.15) is 32.4 Å². The Morgan fingerprint density at radius 3 is 2.09 bits per heavy atom. The molecule has 22 heavy (non-hydrogen) atoms. The maximum atomic E-state index is 12.1. The second-order valence-electron chi connectivity index (χ2n) is 5.69. The standard InChI is InChI=1S/C14H19F3N2O3/c1-13(2,3)19(12(20)21)11(8-18)9-4-6-10(7-5-9)22-14(15,16)17/h4-7,11H,8,18H2,1-3H3,(H,20,21). The maximum Gasteiger partial charge on any atom is 0.573 e. The number of nitrogens with two attached hydrogens (primary N) is 1. The molecule has 0 aromatic heterocycles. The number of halogens is 3. The minimum absolute atomic E-state index is 0.00302. The minimum atomic E-state index is -4.77. The first kappa shape index (κ1) is 18.1. The summed E-state index contributed by atoms with van der Waals surface area (Å²) in [6.45, 7) is 5.14. The van der Waals surface area contributed by atoms with Crippen LogP contribution in [0.3, 0.4) is 0 Å². The largest absolute Gasteiger partial charge is 0.573 e. The lowest BCUT2D eigenvalue weighted by molar-refractivity contribution is -0.274. The van der Waals surface area contributed by atoms with Crippen LogP contribution < -0.4 is 10.5 Å². The van der Waals surface area contributed by atoms with Crippen molar-refractivity contribution in [1.82, 2.24) is 4.90 Å². The van der Waals surface area contributed by atoms with E-state index in [9.17, 15) is 23.1 Å². The third-order valence-electron chi connectivity index (χ3n) is 2.96. The second kappa shape index (κ2) is 6.43. The number of carboxylic acid groups (broad SMARTS) is 1. The Morgan fingerprint density at radius 2 is 1.77 bits per heavy atom. The number of hydrogen-bond donors (Lipinski definition) is 2. The first-order valence-electron chi connectivity index (χ1n) is 6.53. The van der Waals surface area contributed by atoms with Crippen molar-refractivity contribution in [2.75, 3.05) is 6.54 Å². The molecule has 0 bridgehead atoms. The highest BCUT2D eigenvalue weighted by Gasteiger charge is 2.34. The molecule has 1 atom stereocenters. The van der Waals surface area contributed by atoms with Gasteiger partial charge in [0.05, 0.1) is 6.04 Å². The third kappa shape index (κ3) is 4.80. The van der Waals surface area contributed by atoms with E-state index in [4.69, 9.17) is 5.73 Å². The summed E-state index contributed by atoms with van der Waals surface area (Å²) in [5.74, 6) is -0.371. The molecular formula is C14H19F3N2O3. The number of ether oxygens (including phenoxy) is 1. The molecule has 1 rings (SSSR count). The Kier molecular flexibility index (Phi) is 5.29. The first-order valence-corrected chi connectivity index (χ1v) is 6.53. The van der Waals surface area contributed by atoms with Gasteiger partial charge in [-0.05, 0) is 38.5 Å². The maximum absolute atomic E-state index is 12.1. The highest BCUT2D eigenvalue weighted by Crippen LogP contribution is 2.30. The van der Waals surface area contributed by atoms with Crippen molar-refractivity contribution in [3.05, 3.63) is 29.8 Å². The van der Waals surface area contributed by atoms with Crippen LogP contribution in [-0.4, -0.2) is 34.5 Å². The number of alkyl halides is 3. The molecule has 8 heteroatoms. The Balaban J connectivity index is 3.07. The number of hydrogen-bond acceptors (Lipinski definition) is 3. The first-order chi connectivity index (χ1) is 9.95. The molecule has 0 radical (unpaired) electrons. The highest BCUT2D eigenvalue weighted by molar-refractivity contribution is 5.67. The Hall–Kier alpha value is -1.96. The van der Waals surface area contributed by atoms with Gasteiger partial charge in [-0.15, -0.1) is 13.2 Å². The summed E-state index contributed by atoms with van der Waals surface area (Å²) in [6.07, 6.45) is -5.92. The summed E-state index contributed by atoms with van der Waals surface area (Å²) in [7, 11) is 0. The molecule has 1 aromatic carbocycles. The van der Waals surface area contributed by atoms with Crippen molar-refractivity contribution >= 4 is 6.09 Å². The van der Waals surface area contributed by atoms with Crippen LogP contribution in [0, 0.1) is 0 Å². The average molecular weight is 320 g/mol. The van der Waals surface area contributed by atoms with Gasteiger partial charge in [0.1, 0.15) is 5.75 Å². The molecule has 1 unspecified atom stereocenters. The van der Waals surface area contributed by atoms with Crippen molar-refractivity contribution in [1.29, 1.82) is 0 Å². The third-order valence-corrected chi connectivity index (χ3v) is 2.96. The Morgan fingerprint density at radius 1 is 1.27 bits per heavy atom. The molecule has 0 heterocycles. The molecule has 0 saturated heterocycles. The van der Waals surface area contributed by atoms with Gasteiger partial charge in [-0.2, -0.15) is 0 Å². The fourth-order valence-corrected chi connectivity index (χ4v) is 2.17. The number of rotatable bonds is 4. The van der Waals surface area contributed by atoms with Gasteiger partial charge >= 0.3 is 12.5 Å². The van der Waals surface area contributed by atoms with Crippen molar-refractivity contribution < 1.29 is 27.8 Å². The predicted molar refractivity (Wildman–Crippen MR) is 74.5 cm³/mol. The molecule has 0 aliphatic rings. The summed E-state index contributed by atoms with van der Waals surface area (Å²) in [5, 5.41) is 9.38. The van der Waals surface area contributed by atoms with E-state index in [1.165, 1.54) is 17.0 Å². The lowest BCUT2D eigenvalue weighted by Gasteiger charge is -2.39. The van der Waals surface area contributed by atoms with Gasteiger partial charge in [0, 0.05) is 12.1 Å². The summed E-state index contributed by atoms with van der Waals surface area (Å²) in [5.41, 5.74) is 5.45. The van der Waals surface area contributed by atoms with Crippen LogP contribution in [0.2, 0.25) is 0 Å². The lowest BCUT2D eigenvalue weighted by atomic mass is 9.98. The van der Waals surface area contributed by atoms with Crippen molar-refractivity contribution in [2.45, 2.75) is 38.7 Å². The smallest absolute Gasteiger partial charge is 0.465 e. The highest BCUT2D eigenvalue weighted by atomic mass is 19.4. The zero-order valence-corrected chi connectivity index (χ0v) is 12.5. The van der Waals surface area contributed by atoms with E-state index in [1.54, 1.807) is 20.8 Å². The van der Waals surface area contributed by atoms with E-state index < -0.39 is 24.0 Å². The van der Waals surface area contributed by atoms with Crippen molar-refractivity contribution in [3.8, 4) is 5.75 Å². The fraction of sp³-hybridized carbons (Fsp3) is 0.500. The molecule has 124 valence electrons. The van der Waals surface area contributed by atoms with Crippen molar-refractivity contribution in [3.63, 3.8) is 0 Å². The van der Waals surface area contributed by atoms with Gasteiger partial charge in [-0.25, -0.2) is 4.79 Å². The summed E-state index contributed by atoms with van der Waals surface area (Å²) in [4.78, 5) is 12.6. The van der Waals surface area contributed by atoms with Crippen LogP contribution in [0.4, 0.5) is 18.0 Å². The number of nitrogens with zero attached hydrogens (tertiary/aromatic N) is 1. The topological polar surface area (TPSA) is 75.8 Å². The summed E-state index contributed by atoms with van der Waals surface area (Å²) in [6, 6.07) is 4.35. The zero-order valence-electron chi connectivity index (χ0n) is 12.5. The Bertz CT molecular complexity index is 510. The average Bonchev–Trinajstić information content (AvgIpc) is 2.32. The van der Waals surface area contributed by atoms with E-state index in [0.717, 1.165) is 12.1 Å². The van der Waals surface area contributed by atoms with Crippen LogP contribution in [0.15, 0.2) is 24.3 Å². The van der Waals surface area contributed by atoms with Gasteiger partial charge < -0.3 is 15.6 Å². The number of amides is 1. The summed E-state index contributed by atoms with van der Waals surface area (Å²) >= 11 is 0. The molecule has 0 spiro atoms. The number of carbonyl (C=O) groups is 1. The Labute approximate surface area is 126 Å². The quantitative estimate of drug-likeness (QED) is 0.892. The van der Waals surface area contributed by atoms with Crippen LogP contribution >= 0.6 is 0 Å². The zero-order chi connectivity index (χ0) is 17.1. The molecule has 1 amide bonds. The minimum Gasteiger partial charge on any atom is -0.465 e. The van der Waals surface area contributed by atoms with E-state index in [0.29, 0.717) is 5.56 Å². The second-order valence-corrected chi connectivity index (χ2v) is 5.69. The number of benzene rings is 1. The molecule has 1 aromatic rings.